The molecule has 8 heteroatoms. The average molecular weight is 588 g/mol. The molecule has 6 nitrogen and oxygen atoms in total. The van der Waals surface area contributed by atoms with Crippen LogP contribution in [0.25, 0.3) is 11.0 Å². The molecule has 0 saturated heterocycles. The van der Waals surface area contributed by atoms with E-state index < -0.39 is 0 Å². The van der Waals surface area contributed by atoms with Crippen molar-refractivity contribution in [3.05, 3.63) is 101 Å². The molecule has 2 heterocycles. The Morgan fingerprint density at radius 2 is 1.76 bits per heavy atom. The van der Waals surface area contributed by atoms with Crippen molar-refractivity contribution >= 4 is 50.2 Å². The van der Waals surface area contributed by atoms with E-state index in [9.17, 15) is 5.11 Å². The zero-order chi connectivity index (χ0) is 26.7. The molecule has 2 N–H and O–H groups in total. The highest BCUT2D eigenvalue weighted by atomic mass is 79.9. The summed E-state index contributed by atoms with van der Waals surface area (Å²) >= 11 is 5.10. The van der Waals surface area contributed by atoms with E-state index in [0.29, 0.717) is 18.1 Å². The second-order valence-corrected chi connectivity index (χ2v) is 11.9. The highest BCUT2D eigenvalue weighted by molar-refractivity contribution is 9.10. The Labute approximate surface area is 234 Å². The fourth-order valence-corrected chi connectivity index (χ4v) is 5.14. The van der Waals surface area contributed by atoms with Crippen molar-refractivity contribution in [2.24, 2.45) is 0 Å². The first-order chi connectivity index (χ1) is 18.2. The van der Waals surface area contributed by atoms with Crippen LogP contribution in [-0.2, 0) is 12.0 Å². The number of hydrogen-bond acceptors (Lipinski definition) is 7. The van der Waals surface area contributed by atoms with Gasteiger partial charge >= 0.3 is 0 Å². The Bertz CT molecular complexity index is 1590. The van der Waals surface area contributed by atoms with Gasteiger partial charge < -0.3 is 15.2 Å². The van der Waals surface area contributed by atoms with Crippen LogP contribution in [0.5, 0.6) is 11.5 Å². The summed E-state index contributed by atoms with van der Waals surface area (Å²) in [5, 5.41) is 14.0. The maximum atomic E-state index is 9.69. The van der Waals surface area contributed by atoms with Crippen LogP contribution >= 0.6 is 27.7 Å². The largest absolute Gasteiger partial charge is 0.508 e. The Morgan fingerprint density at radius 3 is 2.53 bits per heavy atom. The van der Waals surface area contributed by atoms with Crippen molar-refractivity contribution in [3.8, 4) is 11.5 Å². The molecule has 3 aromatic carbocycles. The topological polar surface area (TPSA) is 80.2 Å². The standard InChI is InChI=1S/C30H27BrN4O2S/c1-30(2,3)27-14-12-24-28(32-18-33-29(24)35-27)34-25-16-22(37-17-19-5-4-6-20(31)15-19)9-13-26(25)38-23-10-7-21(36)8-11-23/h4-16,18,36H,17H2,1-3H3,(H,32,33,34,35). The fourth-order valence-electron chi connectivity index (χ4n) is 3.81. The first-order valence-corrected chi connectivity index (χ1v) is 13.7. The van der Waals surface area contributed by atoms with Crippen molar-refractivity contribution in [2.45, 2.75) is 42.6 Å². The van der Waals surface area contributed by atoms with Gasteiger partial charge in [-0.1, -0.05) is 60.6 Å². The third-order valence-electron chi connectivity index (χ3n) is 5.83. The summed E-state index contributed by atoms with van der Waals surface area (Å²) in [6.45, 7) is 6.84. The SMILES string of the molecule is CC(C)(C)c1ccc2c(Nc3cc(OCc4cccc(Br)c4)ccc3Sc3ccc(O)cc3)ncnc2n1. The molecule has 38 heavy (non-hydrogen) atoms. The molecule has 0 aliphatic rings. The first-order valence-electron chi connectivity index (χ1n) is 12.1. The summed E-state index contributed by atoms with van der Waals surface area (Å²) in [6, 6.07) is 25.2. The summed E-state index contributed by atoms with van der Waals surface area (Å²) in [5.74, 6) is 1.63. The molecule has 0 aliphatic heterocycles. The first kappa shape index (κ1) is 26.0. The van der Waals surface area contributed by atoms with E-state index in [0.717, 1.165) is 42.3 Å². The number of aromatic nitrogens is 3. The number of benzene rings is 3. The van der Waals surface area contributed by atoms with Crippen LogP contribution in [0.2, 0.25) is 0 Å². The van der Waals surface area contributed by atoms with E-state index >= 15 is 0 Å². The number of ether oxygens (including phenoxy) is 1. The number of halogens is 1. The van der Waals surface area contributed by atoms with E-state index in [-0.39, 0.29) is 11.2 Å². The molecule has 192 valence electrons. The minimum Gasteiger partial charge on any atom is -0.508 e. The fraction of sp³-hybridized carbons (Fsp3) is 0.167. The second-order valence-electron chi connectivity index (χ2n) is 9.84. The number of fused-ring (bicyclic) bond motifs is 1. The van der Waals surface area contributed by atoms with Crippen molar-refractivity contribution in [1.29, 1.82) is 0 Å². The number of rotatable bonds is 7. The lowest BCUT2D eigenvalue weighted by atomic mass is 9.91. The number of pyridine rings is 1. The number of aromatic hydroxyl groups is 1. The monoisotopic (exact) mass is 586 g/mol. The van der Waals surface area contributed by atoms with Gasteiger partial charge in [0.15, 0.2) is 5.65 Å². The molecule has 0 fully saturated rings. The van der Waals surface area contributed by atoms with E-state index in [2.05, 4.69) is 52.0 Å². The van der Waals surface area contributed by atoms with Gasteiger partial charge in [0.05, 0.1) is 11.1 Å². The summed E-state index contributed by atoms with van der Waals surface area (Å²) in [6.07, 6.45) is 1.53. The van der Waals surface area contributed by atoms with Gasteiger partial charge in [0.2, 0.25) is 0 Å². The van der Waals surface area contributed by atoms with Crippen molar-refractivity contribution < 1.29 is 9.84 Å². The lowest BCUT2D eigenvalue weighted by molar-refractivity contribution is 0.306. The summed E-state index contributed by atoms with van der Waals surface area (Å²) in [4.78, 5) is 15.7. The minimum absolute atomic E-state index is 0.0827. The Hall–Kier alpha value is -3.62. The van der Waals surface area contributed by atoms with Gasteiger partial charge in [-0.05, 0) is 66.2 Å². The Kier molecular flexibility index (Phi) is 7.53. The predicted molar refractivity (Wildman–Crippen MR) is 156 cm³/mol. The number of anilines is 2. The van der Waals surface area contributed by atoms with Crippen LogP contribution in [0.1, 0.15) is 32.0 Å². The maximum Gasteiger partial charge on any atom is 0.164 e. The zero-order valence-corrected chi connectivity index (χ0v) is 23.7. The number of nitrogens with zero attached hydrogens (tertiary/aromatic N) is 3. The Morgan fingerprint density at radius 1 is 0.947 bits per heavy atom. The number of phenolic OH excluding ortho intramolecular Hbond substituents is 1. The highest BCUT2D eigenvalue weighted by Gasteiger charge is 2.17. The molecule has 0 spiro atoms. The molecular formula is C30H27BrN4O2S. The van der Waals surface area contributed by atoms with Gasteiger partial charge in [0, 0.05) is 31.4 Å². The lowest BCUT2D eigenvalue weighted by Crippen LogP contribution is -2.13. The molecule has 0 amide bonds. The molecule has 0 radical (unpaired) electrons. The van der Waals surface area contributed by atoms with Crippen molar-refractivity contribution in [1.82, 2.24) is 15.0 Å². The second kappa shape index (κ2) is 11.0. The maximum absolute atomic E-state index is 9.69. The smallest absolute Gasteiger partial charge is 0.164 e. The normalized spacial score (nSPS) is 11.5. The van der Waals surface area contributed by atoms with Crippen LogP contribution in [0, 0.1) is 0 Å². The van der Waals surface area contributed by atoms with Crippen molar-refractivity contribution in [2.75, 3.05) is 5.32 Å². The molecule has 0 saturated carbocycles. The van der Waals surface area contributed by atoms with Gasteiger partial charge in [-0.15, -0.1) is 0 Å². The van der Waals surface area contributed by atoms with Crippen molar-refractivity contribution in [3.63, 3.8) is 0 Å². The van der Waals surface area contributed by atoms with E-state index in [1.54, 1.807) is 23.9 Å². The van der Waals surface area contributed by atoms with E-state index in [1.807, 2.05) is 66.7 Å². The summed E-state index contributed by atoms with van der Waals surface area (Å²) in [5.41, 5.74) is 3.44. The quantitative estimate of drug-likeness (QED) is 0.198. The molecular weight excluding hydrogens is 560 g/mol. The number of nitrogens with one attached hydrogen (secondary N) is 1. The molecule has 2 aromatic heterocycles. The van der Waals surface area contributed by atoms with Crippen LogP contribution in [-0.4, -0.2) is 20.1 Å². The van der Waals surface area contributed by atoms with Gasteiger partial charge in [0.25, 0.3) is 0 Å². The Balaban J connectivity index is 1.48. The third kappa shape index (κ3) is 6.26. The molecule has 5 aromatic rings. The van der Waals surface area contributed by atoms with Crippen LogP contribution in [0.15, 0.2) is 99.5 Å². The van der Waals surface area contributed by atoms with Gasteiger partial charge in [-0.25, -0.2) is 15.0 Å². The molecule has 0 aliphatic carbocycles. The summed E-state index contributed by atoms with van der Waals surface area (Å²) < 4.78 is 7.15. The molecule has 5 rings (SSSR count). The lowest BCUT2D eigenvalue weighted by Gasteiger charge is -2.18. The van der Waals surface area contributed by atoms with E-state index in [1.165, 1.54) is 6.33 Å². The zero-order valence-electron chi connectivity index (χ0n) is 21.3. The van der Waals surface area contributed by atoms with Crippen LogP contribution < -0.4 is 10.1 Å². The van der Waals surface area contributed by atoms with Gasteiger partial charge in [0.1, 0.15) is 30.3 Å². The third-order valence-corrected chi connectivity index (χ3v) is 7.41. The number of hydrogen-bond donors (Lipinski definition) is 2. The van der Waals surface area contributed by atoms with E-state index in [4.69, 9.17) is 9.72 Å². The highest BCUT2D eigenvalue weighted by Crippen LogP contribution is 2.38. The van der Waals surface area contributed by atoms with Crippen LogP contribution in [0.3, 0.4) is 0 Å². The molecule has 0 unspecified atom stereocenters. The minimum atomic E-state index is -0.0827. The van der Waals surface area contributed by atoms with Crippen LogP contribution in [0.4, 0.5) is 11.5 Å². The number of phenols is 1. The summed E-state index contributed by atoms with van der Waals surface area (Å²) in [7, 11) is 0. The predicted octanol–water partition coefficient (Wildman–Crippen LogP) is 8.26. The molecule has 0 bridgehead atoms. The van der Waals surface area contributed by atoms with Gasteiger partial charge in [-0.2, -0.15) is 0 Å². The van der Waals surface area contributed by atoms with Gasteiger partial charge in [-0.3, -0.25) is 0 Å². The average Bonchev–Trinajstić information content (AvgIpc) is 2.89. The molecule has 0 atom stereocenters.